The van der Waals surface area contributed by atoms with Crippen molar-refractivity contribution in [3.05, 3.63) is 21.9 Å². The van der Waals surface area contributed by atoms with E-state index in [-0.39, 0.29) is 0 Å². The van der Waals surface area contributed by atoms with Crippen LogP contribution in [0, 0.1) is 5.92 Å². The van der Waals surface area contributed by atoms with E-state index < -0.39 is 0 Å². The zero-order valence-electron chi connectivity index (χ0n) is 8.62. The first-order chi connectivity index (χ1) is 6.84. The summed E-state index contributed by atoms with van der Waals surface area (Å²) >= 11 is 1.94. The summed E-state index contributed by atoms with van der Waals surface area (Å²) < 4.78 is 0. The molecule has 0 radical (unpaired) electrons. The zero-order chi connectivity index (χ0) is 9.54. The van der Waals surface area contributed by atoms with Crippen LogP contribution in [0.2, 0.25) is 0 Å². The van der Waals surface area contributed by atoms with Crippen LogP contribution in [0.4, 0.5) is 0 Å². The van der Waals surface area contributed by atoms with E-state index in [0.717, 1.165) is 12.0 Å². The number of nitrogens with one attached hydrogen (secondary N) is 1. The van der Waals surface area contributed by atoms with Gasteiger partial charge >= 0.3 is 0 Å². The van der Waals surface area contributed by atoms with Crippen LogP contribution >= 0.6 is 11.3 Å². The first-order valence-corrected chi connectivity index (χ1v) is 6.55. The normalized spacial score (nSPS) is 31.5. The van der Waals surface area contributed by atoms with E-state index in [4.69, 9.17) is 0 Å². The molecule has 1 fully saturated rings. The minimum absolute atomic E-state index is 0.659. The van der Waals surface area contributed by atoms with E-state index in [0.29, 0.717) is 6.04 Å². The molecular weight excluding hydrogens is 190 g/mol. The predicted molar refractivity (Wildman–Crippen MR) is 60.7 cm³/mol. The third kappa shape index (κ3) is 1.51. The molecule has 0 bridgehead atoms. The molecule has 1 nitrogen and oxygen atoms in total. The molecule has 0 amide bonds. The van der Waals surface area contributed by atoms with Gasteiger partial charge in [-0.05, 0) is 48.6 Å². The monoisotopic (exact) mass is 207 g/mol. The number of hydrogen-bond donors (Lipinski definition) is 1. The summed E-state index contributed by atoms with van der Waals surface area (Å²) in [6.07, 6.45) is 5.44. The Morgan fingerprint density at radius 2 is 2.21 bits per heavy atom. The van der Waals surface area contributed by atoms with Crippen molar-refractivity contribution in [2.75, 3.05) is 0 Å². The van der Waals surface area contributed by atoms with Crippen molar-refractivity contribution in [1.82, 2.24) is 5.32 Å². The molecule has 2 heteroatoms. The van der Waals surface area contributed by atoms with Gasteiger partial charge in [-0.25, -0.2) is 0 Å². The van der Waals surface area contributed by atoms with Gasteiger partial charge in [-0.15, -0.1) is 11.3 Å². The van der Waals surface area contributed by atoms with E-state index >= 15 is 0 Å². The maximum atomic E-state index is 3.80. The standard InChI is InChI=1S/C12H17NS/c1-8-2-3-9-6-7-14-12(9)11(8)13-10-4-5-10/h6-8,10-11,13H,2-5H2,1H3. The molecule has 2 unspecified atom stereocenters. The molecule has 3 rings (SSSR count). The SMILES string of the molecule is CC1CCc2ccsc2C1NC1CC1. The molecule has 2 atom stereocenters. The molecule has 1 heterocycles. The van der Waals surface area contributed by atoms with Gasteiger partial charge in [-0.2, -0.15) is 0 Å². The molecule has 0 saturated heterocycles. The van der Waals surface area contributed by atoms with Crippen molar-refractivity contribution in [2.24, 2.45) is 5.92 Å². The number of fused-ring (bicyclic) bond motifs is 1. The highest BCUT2D eigenvalue weighted by Gasteiger charge is 2.32. The van der Waals surface area contributed by atoms with Crippen molar-refractivity contribution in [3.8, 4) is 0 Å². The molecule has 0 spiro atoms. The number of thiophene rings is 1. The summed E-state index contributed by atoms with van der Waals surface area (Å²) in [5, 5.41) is 6.05. The van der Waals surface area contributed by atoms with Crippen molar-refractivity contribution in [3.63, 3.8) is 0 Å². The number of aryl methyl sites for hydroxylation is 1. The average Bonchev–Trinajstić information content (AvgIpc) is 2.86. The Morgan fingerprint density at radius 1 is 1.36 bits per heavy atom. The summed E-state index contributed by atoms with van der Waals surface area (Å²) in [4.78, 5) is 1.62. The third-order valence-electron chi connectivity index (χ3n) is 3.49. The molecular formula is C12H17NS. The molecule has 0 aromatic carbocycles. The molecule has 2 aliphatic carbocycles. The van der Waals surface area contributed by atoms with Gasteiger partial charge in [0.15, 0.2) is 0 Å². The van der Waals surface area contributed by atoms with Crippen LogP contribution in [0.3, 0.4) is 0 Å². The van der Waals surface area contributed by atoms with Crippen molar-refractivity contribution < 1.29 is 0 Å². The van der Waals surface area contributed by atoms with Crippen LogP contribution in [0.15, 0.2) is 11.4 Å². The highest BCUT2D eigenvalue weighted by Crippen LogP contribution is 2.39. The van der Waals surface area contributed by atoms with Gasteiger partial charge in [-0.3, -0.25) is 0 Å². The van der Waals surface area contributed by atoms with Crippen molar-refractivity contribution in [1.29, 1.82) is 0 Å². The fourth-order valence-electron chi connectivity index (χ4n) is 2.38. The molecule has 1 N–H and O–H groups in total. The first kappa shape index (κ1) is 8.93. The lowest BCUT2D eigenvalue weighted by atomic mass is 9.86. The van der Waals surface area contributed by atoms with Gasteiger partial charge in [0.25, 0.3) is 0 Å². The Balaban J connectivity index is 1.86. The second kappa shape index (κ2) is 3.35. The van der Waals surface area contributed by atoms with Gasteiger partial charge in [0, 0.05) is 17.0 Å². The average molecular weight is 207 g/mol. The zero-order valence-corrected chi connectivity index (χ0v) is 9.44. The Morgan fingerprint density at radius 3 is 3.00 bits per heavy atom. The van der Waals surface area contributed by atoms with Gasteiger partial charge in [0.1, 0.15) is 0 Å². The quantitative estimate of drug-likeness (QED) is 0.785. The minimum Gasteiger partial charge on any atom is -0.306 e. The molecule has 0 aliphatic heterocycles. The highest BCUT2D eigenvalue weighted by atomic mass is 32.1. The molecule has 1 aromatic heterocycles. The Hall–Kier alpha value is -0.340. The van der Waals surface area contributed by atoms with E-state index in [1.165, 1.54) is 25.7 Å². The summed E-state index contributed by atoms with van der Waals surface area (Å²) in [6, 6.07) is 3.80. The summed E-state index contributed by atoms with van der Waals surface area (Å²) in [6.45, 7) is 2.39. The summed E-state index contributed by atoms with van der Waals surface area (Å²) in [5.74, 6) is 0.821. The molecule has 1 aromatic rings. The number of hydrogen-bond acceptors (Lipinski definition) is 2. The topological polar surface area (TPSA) is 12.0 Å². The van der Waals surface area contributed by atoms with Crippen LogP contribution in [0.25, 0.3) is 0 Å². The lowest BCUT2D eigenvalue weighted by Crippen LogP contribution is -2.31. The fraction of sp³-hybridized carbons (Fsp3) is 0.667. The van der Waals surface area contributed by atoms with Crippen molar-refractivity contribution in [2.45, 2.75) is 44.7 Å². The molecule has 14 heavy (non-hydrogen) atoms. The Labute approximate surface area is 89.5 Å². The lowest BCUT2D eigenvalue weighted by Gasteiger charge is -2.30. The fourth-order valence-corrected chi connectivity index (χ4v) is 3.53. The lowest BCUT2D eigenvalue weighted by molar-refractivity contribution is 0.348. The predicted octanol–water partition coefficient (Wildman–Crippen LogP) is 3.12. The van der Waals surface area contributed by atoms with E-state index in [2.05, 4.69) is 23.7 Å². The third-order valence-corrected chi connectivity index (χ3v) is 4.54. The van der Waals surface area contributed by atoms with Gasteiger partial charge < -0.3 is 5.32 Å². The molecule has 76 valence electrons. The van der Waals surface area contributed by atoms with Gasteiger partial charge in [0.05, 0.1) is 0 Å². The maximum Gasteiger partial charge on any atom is 0.0445 e. The van der Waals surface area contributed by atoms with Crippen LogP contribution in [-0.4, -0.2) is 6.04 Å². The van der Waals surface area contributed by atoms with Crippen molar-refractivity contribution >= 4 is 11.3 Å². The summed E-state index contributed by atoms with van der Waals surface area (Å²) in [7, 11) is 0. The Bertz CT molecular complexity index is 327. The smallest absolute Gasteiger partial charge is 0.0445 e. The first-order valence-electron chi connectivity index (χ1n) is 5.67. The Kier molecular flexibility index (Phi) is 2.14. The van der Waals surface area contributed by atoms with Crippen LogP contribution < -0.4 is 5.32 Å². The van der Waals surface area contributed by atoms with Gasteiger partial charge in [0.2, 0.25) is 0 Å². The maximum absolute atomic E-state index is 3.80. The van der Waals surface area contributed by atoms with E-state index in [1.807, 2.05) is 11.3 Å². The number of rotatable bonds is 2. The molecule has 1 saturated carbocycles. The second-order valence-corrected chi connectivity index (χ2v) is 5.69. The van der Waals surface area contributed by atoms with E-state index in [9.17, 15) is 0 Å². The van der Waals surface area contributed by atoms with E-state index in [1.54, 1.807) is 10.4 Å². The summed E-state index contributed by atoms with van der Waals surface area (Å²) in [5.41, 5.74) is 1.60. The highest BCUT2D eigenvalue weighted by molar-refractivity contribution is 7.10. The van der Waals surface area contributed by atoms with Crippen LogP contribution in [0.1, 0.15) is 42.7 Å². The largest absolute Gasteiger partial charge is 0.306 e. The molecule has 2 aliphatic rings. The van der Waals surface area contributed by atoms with Crippen LogP contribution in [0.5, 0.6) is 0 Å². The van der Waals surface area contributed by atoms with Gasteiger partial charge in [-0.1, -0.05) is 6.92 Å². The minimum atomic E-state index is 0.659. The second-order valence-electron chi connectivity index (χ2n) is 4.74. The van der Waals surface area contributed by atoms with Crippen LogP contribution in [-0.2, 0) is 6.42 Å².